The summed E-state index contributed by atoms with van der Waals surface area (Å²) >= 11 is 5.15. The molecule has 0 bridgehead atoms. The van der Waals surface area contributed by atoms with Gasteiger partial charge in [-0.1, -0.05) is 6.07 Å². The van der Waals surface area contributed by atoms with Gasteiger partial charge in [0.05, 0.1) is 9.75 Å². The van der Waals surface area contributed by atoms with Crippen LogP contribution in [0.4, 0.5) is 0 Å². The van der Waals surface area contributed by atoms with E-state index in [9.17, 15) is 0 Å². The third-order valence-corrected chi connectivity index (χ3v) is 5.57. The van der Waals surface area contributed by atoms with E-state index in [2.05, 4.69) is 32.7 Å². The summed E-state index contributed by atoms with van der Waals surface area (Å²) in [4.78, 5) is 6.80. The lowest BCUT2D eigenvalue weighted by Gasteiger charge is -1.86. The molecule has 0 aliphatic rings. The van der Waals surface area contributed by atoms with Gasteiger partial charge in [0.15, 0.2) is 11.6 Å². The summed E-state index contributed by atoms with van der Waals surface area (Å²) in [6.45, 7) is 0. The molecule has 4 heterocycles. The minimum atomic E-state index is 0.784. The minimum Gasteiger partial charge on any atom is -0.258 e. The summed E-state index contributed by atoms with van der Waals surface area (Å²) in [6, 6.07) is 8.36. The van der Waals surface area contributed by atoms with Crippen LogP contribution < -0.4 is 0 Å². The summed E-state index contributed by atoms with van der Waals surface area (Å²) in [6.07, 6.45) is 0. The first-order valence-corrected chi connectivity index (χ1v) is 7.91. The number of thiophene rings is 3. The first-order valence-electron chi connectivity index (χ1n) is 5.34. The van der Waals surface area contributed by atoms with E-state index >= 15 is 0 Å². The standard InChI is InChI=1S/C12H7N3S3/c1-2-8(16-4-1)11-13-12(15-14-11)10-6-9-7(18-10)3-5-17-9/h1-6H,(H,13,14,15). The molecule has 0 saturated heterocycles. The fourth-order valence-electron chi connectivity index (χ4n) is 1.77. The largest absolute Gasteiger partial charge is 0.258 e. The summed E-state index contributed by atoms with van der Waals surface area (Å²) in [7, 11) is 0. The van der Waals surface area contributed by atoms with Crippen molar-refractivity contribution in [3.63, 3.8) is 0 Å². The molecule has 0 aliphatic carbocycles. The fourth-order valence-corrected chi connectivity index (χ4v) is 4.48. The highest BCUT2D eigenvalue weighted by atomic mass is 32.1. The fraction of sp³-hybridized carbons (Fsp3) is 0. The molecular weight excluding hydrogens is 282 g/mol. The quantitative estimate of drug-likeness (QED) is 0.591. The number of aromatic amines is 1. The van der Waals surface area contributed by atoms with Crippen molar-refractivity contribution >= 4 is 43.4 Å². The lowest BCUT2D eigenvalue weighted by atomic mass is 10.4. The zero-order valence-electron chi connectivity index (χ0n) is 9.08. The second-order valence-electron chi connectivity index (χ2n) is 3.74. The van der Waals surface area contributed by atoms with Crippen LogP contribution >= 0.6 is 34.0 Å². The van der Waals surface area contributed by atoms with Crippen molar-refractivity contribution < 1.29 is 0 Å². The van der Waals surface area contributed by atoms with Crippen LogP contribution in [-0.4, -0.2) is 15.2 Å². The van der Waals surface area contributed by atoms with Gasteiger partial charge < -0.3 is 0 Å². The van der Waals surface area contributed by atoms with Crippen LogP contribution in [0, 0.1) is 0 Å². The number of hydrogen-bond donors (Lipinski definition) is 1. The molecule has 0 atom stereocenters. The van der Waals surface area contributed by atoms with Crippen molar-refractivity contribution in [3.05, 3.63) is 35.0 Å². The van der Waals surface area contributed by atoms with Crippen LogP contribution in [-0.2, 0) is 0 Å². The molecule has 0 aromatic carbocycles. The molecule has 0 fully saturated rings. The van der Waals surface area contributed by atoms with Crippen molar-refractivity contribution in [2.24, 2.45) is 0 Å². The monoisotopic (exact) mass is 289 g/mol. The molecule has 1 N–H and O–H groups in total. The van der Waals surface area contributed by atoms with Gasteiger partial charge in [-0.3, -0.25) is 5.10 Å². The Bertz CT molecular complexity index is 763. The zero-order chi connectivity index (χ0) is 11.9. The highest BCUT2D eigenvalue weighted by molar-refractivity contribution is 7.28. The second kappa shape index (κ2) is 4.01. The predicted molar refractivity (Wildman–Crippen MR) is 78.4 cm³/mol. The Morgan fingerprint density at radius 3 is 2.83 bits per heavy atom. The molecule has 4 aromatic heterocycles. The van der Waals surface area contributed by atoms with Gasteiger partial charge in [-0.2, -0.15) is 5.10 Å². The number of H-pyrrole nitrogens is 1. The average molecular weight is 289 g/mol. The SMILES string of the molecule is c1csc(-c2nc(-c3cc4sccc4s3)n[nH]2)c1. The Hall–Kier alpha value is -1.50. The Kier molecular flexibility index (Phi) is 2.32. The predicted octanol–water partition coefficient (Wildman–Crippen LogP) is 4.48. The maximum Gasteiger partial charge on any atom is 0.191 e. The Labute approximate surface area is 115 Å². The van der Waals surface area contributed by atoms with Gasteiger partial charge in [0.2, 0.25) is 0 Å². The molecule has 4 rings (SSSR count). The summed E-state index contributed by atoms with van der Waals surface area (Å²) < 4.78 is 2.61. The van der Waals surface area contributed by atoms with Crippen LogP contribution in [0.2, 0.25) is 0 Å². The Morgan fingerprint density at radius 1 is 1.00 bits per heavy atom. The molecule has 0 unspecified atom stereocenters. The van der Waals surface area contributed by atoms with E-state index in [1.165, 1.54) is 9.40 Å². The van der Waals surface area contributed by atoms with Crippen molar-refractivity contribution in [2.45, 2.75) is 0 Å². The van der Waals surface area contributed by atoms with E-state index in [4.69, 9.17) is 0 Å². The minimum absolute atomic E-state index is 0.784. The maximum absolute atomic E-state index is 4.56. The zero-order valence-corrected chi connectivity index (χ0v) is 11.5. The smallest absolute Gasteiger partial charge is 0.191 e. The molecular formula is C12H7N3S3. The van der Waals surface area contributed by atoms with Gasteiger partial charge in [-0.05, 0) is 29.0 Å². The normalized spacial score (nSPS) is 11.3. The van der Waals surface area contributed by atoms with Crippen molar-refractivity contribution in [1.29, 1.82) is 0 Å². The van der Waals surface area contributed by atoms with E-state index in [-0.39, 0.29) is 0 Å². The lowest BCUT2D eigenvalue weighted by molar-refractivity contribution is 1.11. The van der Waals surface area contributed by atoms with Crippen molar-refractivity contribution in [1.82, 2.24) is 15.2 Å². The molecule has 0 spiro atoms. The molecule has 3 nitrogen and oxygen atoms in total. The van der Waals surface area contributed by atoms with Gasteiger partial charge >= 0.3 is 0 Å². The van der Waals surface area contributed by atoms with E-state index in [0.717, 1.165) is 21.4 Å². The molecule has 88 valence electrons. The van der Waals surface area contributed by atoms with Gasteiger partial charge in [-0.25, -0.2) is 4.98 Å². The number of fused-ring (bicyclic) bond motifs is 1. The summed E-state index contributed by atoms with van der Waals surface area (Å²) in [5, 5.41) is 11.5. The van der Waals surface area contributed by atoms with E-state index < -0.39 is 0 Å². The van der Waals surface area contributed by atoms with Crippen LogP contribution in [0.1, 0.15) is 0 Å². The summed E-state index contributed by atoms with van der Waals surface area (Å²) in [5.41, 5.74) is 0. The number of nitrogens with zero attached hydrogens (tertiary/aromatic N) is 2. The lowest BCUT2D eigenvalue weighted by Crippen LogP contribution is -1.74. The molecule has 0 radical (unpaired) electrons. The highest BCUT2D eigenvalue weighted by Crippen LogP contribution is 2.35. The average Bonchev–Trinajstić information content (AvgIpc) is 3.13. The molecule has 0 amide bonds. The summed E-state index contributed by atoms with van der Waals surface area (Å²) in [5.74, 6) is 1.63. The van der Waals surface area contributed by atoms with Gasteiger partial charge in [0.25, 0.3) is 0 Å². The second-order valence-corrected chi connectivity index (χ2v) is 6.72. The molecule has 18 heavy (non-hydrogen) atoms. The number of rotatable bonds is 2. The van der Waals surface area contributed by atoms with E-state index in [1.54, 1.807) is 34.0 Å². The highest BCUT2D eigenvalue weighted by Gasteiger charge is 2.11. The van der Waals surface area contributed by atoms with E-state index in [1.807, 2.05) is 17.5 Å². The Morgan fingerprint density at radius 2 is 2.00 bits per heavy atom. The Balaban J connectivity index is 1.79. The molecule has 0 aliphatic heterocycles. The van der Waals surface area contributed by atoms with Crippen molar-refractivity contribution in [3.8, 4) is 21.4 Å². The van der Waals surface area contributed by atoms with Crippen LogP contribution in [0.15, 0.2) is 35.0 Å². The number of hydrogen-bond acceptors (Lipinski definition) is 5. The van der Waals surface area contributed by atoms with E-state index in [0.29, 0.717) is 0 Å². The number of aromatic nitrogens is 3. The van der Waals surface area contributed by atoms with Gasteiger partial charge in [0, 0.05) is 9.40 Å². The first-order chi connectivity index (χ1) is 8.90. The van der Waals surface area contributed by atoms with Gasteiger partial charge in [0.1, 0.15) is 0 Å². The van der Waals surface area contributed by atoms with Crippen LogP contribution in [0.25, 0.3) is 30.8 Å². The molecule has 4 aromatic rings. The third-order valence-electron chi connectivity index (χ3n) is 2.60. The van der Waals surface area contributed by atoms with Crippen LogP contribution in [0.5, 0.6) is 0 Å². The van der Waals surface area contributed by atoms with Gasteiger partial charge in [-0.15, -0.1) is 34.0 Å². The van der Waals surface area contributed by atoms with Crippen molar-refractivity contribution in [2.75, 3.05) is 0 Å². The number of nitrogens with one attached hydrogen (secondary N) is 1. The van der Waals surface area contributed by atoms with Crippen LogP contribution in [0.3, 0.4) is 0 Å². The maximum atomic E-state index is 4.56. The third kappa shape index (κ3) is 1.61. The first kappa shape index (κ1) is 10.4. The topological polar surface area (TPSA) is 41.6 Å². The molecule has 0 saturated carbocycles. The molecule has 6 heteroatoms.